The Hall–Kier alpha value is -3.09. The van der Waals surface area contributed by atoms with Crippen molar-refractivity contribution in [1.82, 2.24) is 4.98 Å². The number of aromatic nitrogens is 1. The van der Waals surface area contributed by atoms with Gasteiger partial charge in [0, 0.05) is 12.0 Å². The van der Waals surface area contributed by atoms with Crippen molar-refractivity contribution in [3.63, 3.8) is 0 Å². The molecule has 7 heteroatoms. The Balaban J connectivity index is 1.70. The topological polar surface area (TPSA) is 52.3 Å². The predicted molar refractivity (Wildman–Crippen MR) is 96.8 cm³/mol. The fourth-order valence-corrected chi connectivity index (χ4v) is 2.66. The van der Waals surface area contributed by atoms with E-state index in [1.54, 1.807) is 13.0 Å². The number of carbonyl (C=O) groups excluding carboxylic acids is 1. The summed E-state index contributed by atoms with van der Waals surface area (Å²) in [5.41, 5.74) is 1.29. The zero-order chi connectivity index (χ0) is 20.1. The highest BCUT2D eigenvalue weighted by Crippen LogP contribution is 2.31. The molecule has 0 bridgehead atoms. The van der Waals surface area contributed by atoms with Crippen LogP contribution in [0.5, 0.6) is 5.75 Å². The van der Waals surface area contributed by atoms with E-state index in [4.69, 9.17) is 9.15 Å². The van der Waals surface area contributed by atoms with Crippen molar-refractivity contribution >= 4 is 6.29 Å². The lowest BCUT2D eigenvalue weighted by Crippen LogP contribution is -2.04. The molecule has 0 N–H and O–H groups in total. The second-order valence-electron chi connectivity index (χ2n) is 6.24. The highest BCUT2D eigenvalue weighted by atomic mass is 19.4. The Morgan fingerprint density at radius 1 is 1.14 bits per heavy atom. The Bertz CT molecular complexity index is 946. The van der Waals surface area contributed by atoms with Crippen LogP contribution in [0.25, 0.3) is 11.5 Å². The minimum Gasteiger partial charge on any atom is -0.487 e. The van der Waals surface area contributed by atoms with Crippen molar-refractivity contribution in [1.29, 1.82) is 0 Å². The standard InChI is InChI=1S/C21H18F3NO3/c1-14-19(13-27-18-6-2-4-15(12-18)5-3-11-26)25-20(28-14)16-7-9-17(10-8-16)21(22,23)24/h2,4,6-12H,3,5,13H2,1H3. The molecule has 0 atom stereocenters. The van der Waals surface area contributed by atoms with Crippen molar-refractivity contribution in [2.24, 2.45) is 0 Å². The van der Waals surface area contributed by atoms with Crippen molar-refractivity contribution in [3.05, 3.63) is 71.1 Å². The summed E-state index contributed by atoms with van der Waals surface area (Å²) in [6, 6.07) is 12.1. The molecule has 0 unspecified atom stereocenters. The van der Waals surface area contributed by atoms with E-state index in [0.29, 0.717) is 35.6 Å². The van der Waals surface area contributed by atoms with Gasteiger partial charge in [-0.05, 0) is 55.3 Å². The lowest BCUT2D eigenvalue weighted by atomic mass is 10.1. The van der Waals surface area contributed by atoms with E-state index in [0.717, 1.165) is 24.0 Å². The van der Waals surface area contributed by atoms with Crippen molar-refractivity contribution < 1.29 is 27.1 Å². The molecule has 0 saturated carbocycles. The summed E-state index contributed by atoms with van der Waals surface area (Å²) in [5, 5.41) is 0. The van der Waals surface area contributed by atoms with Gasteiger partial charge in [0.05, 0.1) is 5.56 Å². The summed E-state index contributed by atoms with van der Waals surface area (Å²) in [5.74, 6) is 1.42. The molecule has 3 rings (SSSR count). The minimum absolute atomic E-state index is 0.160. The molecule has 0 saturated heterocycles. The highest BCUT2D eigenvalue weighted by Gasteiger charge is 2.30. The van der Waals surface area contributed by atoms with E-state index in [1.165, 1.54) is 12.1 Å². The summed E-state index contributed by atoms with van der Waals surface area (Å²) >= 11 is 0. The van der Waals surface area contributed by atoms with Crippen LogP contribution in [0.1, 0.15) is 29.0 Å². The van der Waals surface area contributed by atoms with Crippen LogP contribution in [0.3, 0.4) is 0 Å². The molecule has 3 aromatic rings. The van der Waals surface area contributed by atoms with E-state index < -0.39 is 11.7 Å². The molecule has 1 aromatic heterocycles. The molecule has 28 heavy (non-hydrogen) atoms. The number of aldehydes is 1. The molecule has 1 heterocycles. The van der Waals surface area contributed by atoms with Crippen LogP contribution in [0.4, 0.5) is 13.2 Å². The third-order valence-corrected chi connectivity index (χ3v) is 4.18. The molecule has 0 aliphatic carbocycles. The smallest absolute Gasteiger partial charge is 0.416 e. The molecule has 146 valence electrons. The van der Waals surface area contributed by atoms with Crippen molar-refractivity contribution in [2.45, 2.75) is 32.5 Å². The van der Waals surface area contributed by atoms with E-state index in [2.05, 4.69) is 4.98 Å². The van der Waals surface area contributed by atoms with E-state index in [1.807, 2.05) is 18.2 Å². The van der Waals surface area contributed by atoms with Crippen LogP contribution in [0, 0.1) is 6.92 Å². The second-order valence-corrected chi connectivity index (χ2v) is 6.24. The summed E-state index contributed by atoms with van der Waals surface area (Å²) in [6.07, 6.45) is -2.43. The van der Waals surface area contributed by atoms with E-state index >= 15 is 0 Å². The van der Waals surface area contributed by atoms with Crippen molar-refractivity contribution in [3.8, 4) is 17.2 Å². The lowest BCUT2D eigenvalue weighted by Gasteiger charge is -2.06. The average molecular weight is 389 g/mol. The van der Waals surface area contributed by atoms with Gasteiger partial charge in [-0.3, -0.25) is 0 Å². The largest absolute Gasteiger partial charge is 0.487 e. The summed E-state index contributed by atoms with van der Waals surface area (Å²) in [4.78, 5) is 14.8. The number of nitrogens with zero attached hydrogens (tertiary/aromatic N) is 1. The first-order valence-electron chi connectivity index (χ1n) is 8.66. The molecule has 0 radical (unpaired) electrons. The number of rotatable bonds is 7. The molecular formula is C21H18F3NO3. The maximum absolute atomic E-state index is 12.7. The van der Waals surface area contributed by atoms with E-state index in [9.17, 15) is 18.0 Å². The summed E-state index contributed by atoms with van der Waals surface area (Å²) in [7, 11) is 0. The van der Waals surface area contributed by atoms with Gasteiger partial charge in [-0.2, -0.15) is 13.2 Å². The number of halogens is 3. The second kappa shape index (κ2) is 8.29. The zero-order valence-corrected chi connectivity index (χ0v) is 15.1. The van der Waals surface area contributed by atoms with Gasteiger partial charge in [0.1, 0.15) is 30.1 Å². The first-order chi connectivity index (χ1) is 13.4. The number of alkyl halides is 3. The Kier molecular flexibility index (Phi) is 5.82. The molecule has 4 nitrogen and oxygen atoms in total. The first kappa shape index (κ1) is 19.7. The van der Waals surface area contributed by atoms with E-state index in [-0.39, 0.29) is 12.5 Å². The van der Waals surface area contributed by atoms with Crippen LogP contribution in [0.15, 0.2) is 52.9 Å². The lowest BCUT2D eigenvalue weighted by molar-refractivity contribution is -0.137. The van der Waals surface area contributed by atoms with Crippen LogP contribution in [-0.2, 0) is 24.0 Å². The van der Waals surface area contributed by atoms with Gasteiger partial charge >= 0.3 is 6.18 Å². The number of ether oxygens (including phenoxy) is 1. The van der Waals surface area contributed by atoms with Crippen LogP contribution in [0.2, 0.25) is 0 Å². The highest BCUT2D eigenvalue weighted by molar-refractivity contribution is 5.54. The third-order valence-electron chi connectivity index (χ3n) is 4.18. The van der Waals surface area contributed by atoms with Gasteiger partial charge in [-0.1, -0.05) is 12.1 Å². The quantitative estimate of drug-likeness (QED) is 0.509. The summed E-state index contributed by atoms with van der Waals surface area (Å²) < 4.78 is 49.4. The molecular weight excluding hydrogens is 371 g/mol. The molecule has 2 aromatic carbocycles. The van der Waals surface area contributed by atoms with Crippen LogP contribution in [-0.4, -0.2) is 11.3 Å². The number of aryl methyl sites for hydroxylation is 2. The third kappa shape index (κ3) is 4.79. The Labute approximate surface area is 160 Å². The number of hydrogen-bond donors (Lipinski definition) is 0. The Morgan fingerprint density at radius 2 is 1.89 bits per heavy atom. The molecule has 0 fully saturated rings. The van der Waals surface area contributed by atoms with Gasteiger partial charge in [0.15, 0.2) is 0 Å². The van der Waals surface area contributed by atoms with Crippen molar-refractivity contribution in [2.75, 3.05) is 0 Å². The minimum atomic E-state index is -4.38. The number of hydrogen-bond acceptors (Lipinski definition) is 4. The normalized spacial score (nSPS) is 11.4. The maximum Gasteiger partial charge on any atom is 0.416 e. The maximum atomic E-state index is 12.7. The monoisotopic (exact) mass is 389 g/mol. The Morgan fingerprint density at radius 3 is 2.57 bits per heavy atom. The summed E-state index contributed by atoms with van der Waals surface area (Å²) in [6.45, 7) is 1.88. The first-order valence-corrected chi connectivity index (χ1v) is 8.66. The molecule has 0 amide bonds. The average Bonchev–Trinajstić information content (AvgIpc) is 3.05. The predicted octanol–water partition coefficient (Wildman–Crippen LogP) is 5.38. The molecule has 0 aliphatic rings. The van der Waals surface area contributed by atoms with Crippen LogP contribution < -0.4 is 4.74 Å². The fourth-order valence-electron chi connectivity index (χ4n) is 2.66. The molecule has 0 aliphatic heterocycles. The number of benzene rings is 2. The molecule has 0 spiro atoms. The number of carbonyl (C=O) groups is 1. The van der Waals surface area contributed by atoms with Gasteiger partial charge in [-0.25, -0.2) is 4.98 Å². The van der Waals surface area contributed by atoms with Crippen LogP contribution >= 0.6 is 0 Å². The fraction of sp³-hybridized carbons (Fsp3) is 0.238. The number of oxazole rings is 1. The zero-order valence-electron chi connectivity index (χ0n) is 15.1. The van der Waals surface area contributed by atoms with Gasteiger partial charge in [0.25, 0.3) is 0 Å². The van der Waals surface area contributed by atoms with Gasteiger partial charge < -0.3 is 13.9 Å². The SMILES string of the molecule is Cc1oc(-c2ccc(C(F)(F)F)cc2)nc1COc1cccc(CCC=O)c1. The van der Waals surface area contributed by atoms with Gasteiger partial charge in [-0.15, -0.1) is 0 Å². The van der Waals surface area contributed by atoms with Gasteiger partial charge in [0.2, 0.25) is 5.89 Å².